The van der Waals surface area contributed by atoms with Crippen molar-refractivity contribution in [3.05, 3.63) is 39.5 Å². The summed E-state index contributed by atoms with van der Waals surface area (Å²) in [6.45, 7) is 5.96. The summed E-state index contributed by atoms with van der Waals surface area (Å²) in [6, 6.07) is 4.63. The zero-order valence-electron chi connectivity index (χ0n) is 15.5. The number of esters is 1. The number of allylic oxidation sites excluding steroid dienone is 1. The third-order valence-corrected chi connectivity index (χ3v) is 4.61. The quantitative estimate of drug-likeness (QED) is 0.642. The summed E-state index contributed by atoms with van der Waals surface area (Å²) in [5.41, 5.74) is 1.83. The molecule has 2 N–H and O–H groups in total. The van der Waals surface area contributed by atoms with Crippen molar-refractivity contribution in [1.29, 1.82) is 0 Å². The predicted octanol–water partition coefficient (Wildman–Crippen LogP) is 4.21. The van der Waals surface area contributed by atoms with Gasteiger partial charge in [0.05, 0.1) is 29.3 Å². The first-order valence-electron chi connectivity index (χ1n) is 8.72. The summed E-state index contributed by atoms with van der Waals surface area (Å²) in [5.74, 6) is 0.256. The molecule has 0 saturated heterocycles. The SMILES string of the molecule is CCCCC1=C(C(=O)OC)C(c2ccc(OC(C)C)c(Br)c2)NC(=O)N1. The molecule has 0 radical (unpaired) electrons. The number of carbonyl (C=O) groups excluding carboxylic acids is 2. The highest BCUT2D eigenvalue weighted by molar-refractivity contribution is 9.10. The van der Waals surface area contributed by atoms with Crippen molar-refractivity contribution in [3.63, 3.8) is 0 Å². The summed E-state index contributed by atoms with van der Waals surface area (Å²) < 4.78 is 11.5. The molecule has 0 bridgehead atoms. The highest BCUT2D eigenvalue weighted by Gasteiger charge is 2.33. The summed E-state index contributed by atoms with van der Waals surface area (Å²) in [4.78, 5) is 24.5. The summed E-state index contributed by atoms with van der Waals surface area (Å²) >= 11 is 3.50. The molecular weight excluding hydrogens is 400 g/mol. The van der Waals surface area contributed by atoms with Crippen molar-refractivity contribution in [1.82, 2.24) is 10.6 Å². The second-order valence-electron chi connectivity index (χ2n) is 6.38. The van der Waals surface area contributed by atoms with Crippen LogP contribution in [0.25, 0.3) is 0 Å². The zero-order valence-corrected chi connectivity index (χ0v) is 17.1. The van der Waals surface area contributed by atoms with Crippen LogP contribution in [0, 0.1) is 0 Å². The lowest BCUT2D eigenvalue weighted by Crippen LogP contribution is -2.45. The number of ether oxygens (including phenoxy) is 2. The van der Waals surface area contributed by atoms with E-state index >= 15 is 0 Å². The number of urea groups is 1. The highest BCUT2D eigenvalue weighted by Crippen LogP contribution is 2.34. The van der Waals surface area contributed by atoms with Gasteiger partial charge in [0.15, 0.2) is 0 Å². The van der Waals surface area contributed by atoms with Crippen LogP contribution in [0.2, 0.25) is 0 Å². The predicted molar refractivity (Wildman–Crippen MR) is 103 cm³/mol. The largest absolute Gasteiger partial charge is 0.490 e. The van der Waals surface area contributed by atoms with E-state index < -0.39 is 12.0 Å². The third-order valence-electron chi connectivity index (χ3n) is 3.99. The molecule has 6 nitrogen and oxygen atoms in total. The highest BCUT2D eigenvalue weighted by atomic mass is 79.9. The number of benzene rings is 1. The minimum Gasteiger partial charge on any atom is -0.490 e. The fraction of sp³-hybridized carbons (Fsp3) is 0.474. The van der Waals surface area contributed by atoms with Crippen LogP contribution in [0.1, 0.15) is 51.6 Å². The first-order valence-corrected chi connectivity index (χ1v) is 9.51. The molecule has 0 fully saturated rings. The van der Waals surface area contributed by atoms with Gasteiger partial charge in [0.2, 0.25) is 0 Å². The van der Waals surface area contributed by atoms with Gasteiger partial charge in [-0.15, -0.1) is 0 Å². The molecular formula is C19H25BrN2O4. The van der Waals surface area contributed by atoms with E-state index in [-0.39, 0.29) is 12.1 Å². The Morgan fingerprint density at radius 2 is 2.08 bits per heavy atom. The minimum absolute atomic E-state index is 0.0434. The van der Waals surface area contributed by atoms with E-state index in [0.29, 0.717) is 23.4 Å². The Balaban J connectivity index is 2.45. The van der Waals surface area contributed by atoms with Gasteiger partial charge in [-0.25, -0.2) is 9.59 Å². The van der Waals surface area contributed by atoms with Crippen molar-refractivity contribution in [2.24, 2.45) is 0 Å². The maximum absolute atomic E-state index is 12.4. The molecule has 0 saturated carbocycles. The van der Waals surface area contributed by atoms with E-state index in [1.54, 1.807) is 0 Å². The minimum atomic E-state index is -0.576. The van der Waals surface area contributed by atoms with Crippen LogP contribution in [0.5, 0.6) is 5.75 Å². The molecule has 0 aromatic heterocycles. The Hall–Kier alpha value is -2.02. The molecule has 2 amide bonds. The van der Waals surface area contributed by atoms with E-state index in [9.17, 15) is 9.59 Å². The van der Waals surface area contributed by atoms with Gasteiger partial charge in [-0.1, -0.05) is 19.4 Å². The van der Waals surface area contributed by atoms with Crippen molar-refractivity contribution < 1.29 is 19.1 Å². The van der Waals surface area contributed by atoms with Crippen LogP contribution in [0.4, 0.5) is 4.79 Å². The molecule has 1 aromatic carbocycles. The van der Waals surface area contributed by atoms with Gasteiger partial charge in [0.25, 0.3) is 0 Å². The monoisotopic (exact) mass is 424 g/mol. The number of hydrogen-bond donors (Lipinski definition) is 2. The van der Waals surface area contributed by atoms with Crippen LogP contribution in [-0.2, 0) is 9.53 Å². The van der Waals surface area contributed by atoms with Crippen LogP contribution in [0.15, 0.2) is 33.9 Å². The Bertz CT molecular complexity index is 715. The first-order chi connectivity index (χ1) is 12.4. The fourth-order valence-electron chi connectivity index (χ4n) is 2.82. The molecule has 26 heavy (non-hydrogen) atoms. The zero-order chi connectivity index (χ0) is 19.3. The maximum atomic E-state index is 12.4. The lowest BCUT2D eigenvalue weighted by Gasteiger charge is -2.29. The topological polar surface area (TPSA) is 76.7 Å². The van der Waals surface area contributed by atoms with Crippen LogP contribution in [-0.4, -0.2) is 25.2 Å². The van der Waals surface area contributed by atoms with Gasteiger partial charge in [-0.3, -0.25) is 0 Å². The Morgan fingerprint density at radius 1 is 1.35 bits per heavy atom. The maximum Gasteiger partial charge on any atom is 0.337 e. The van der Waals surface area contributed by atoms with E-state index in [1.807, 2.05) is 32.0 Å². The average Bonchev–Trinajstić information content (AvgIpc) is 2.60. The molecule has 0 aliphatic carbocycles. The Labute approximate surface area is 162 Å². The van der Waals surface area contributed by atoms with Gasteiger partial charge < -0.3 is 20.1 Å². The molecule has 7 heteroatoms. The number of halogens is 1. The second-order valence-corrected chi connectivity index (χ2v) is 7.23. The first kappa shape index (κ1) is 20.3. The molecule has 1 aliphatic heterocycles. The molecule has 142 valence electrons. The summed E-state index contributed by atoms with van der Waals surface area (Å²) in [5, 5.41) is 5.58. The molecule has 1 heterocycles. The van der Waals surface area contributed by atoms with Crippen LogP contribution >= 0.6 is 15.9 Å². The lowest BCUT2D eigenvalue weighted by molar-refractivity contribution is -0.136. The molecule has 1 unspecified atom stereocenters. The van der Waals surface area contributed by atoms with Gasteiger partial charge >= 0.3 is 12.0 Å². The summed E-state index contributed by atoms with van der Waals surface area (Å²) in [6.07, 6.45) is 2.48. The van der Waals surface area contributed by atoms with Crippen molar-refractivity contribution in [2.75, 3.05) is 7.11 Å². The third kappa shape index (κ3) is 4.78. The molecule has 1 aliphatic rings. The lowest BCUT2D eigenvalue weighted by atomic mass is 9.93. The number of carbonyl (C=O) groups is 2. The van der Waals surface area contributed by atoms with E-state index in [1.165, 1.54) is 7.11 Å². The molecule has 1 aromatic rings. The van der Waals surface area contributed by atoms with Gasteiger partial charge in [0, 0.05) is 5.70 Å². The number of unbranched alkanes of at least 4 members (excludes halogenated alkanes) is 1. The molecule has 2 rings (SSSR count). The van der Waals surface area contributed by atoms with E-state index in [0.717, 1.165) is 22.9 Å². The number of nitrogens with one attached hydrogen (secondary N) is 2. The van der Waals surface area contributed by atoms with Crippen LogP contribution in [0.3, 0.4) is 0 Å². The molecule has 0 spiro atoms. The number of methoxy groups -OCH3 is 1. The van der Waals surface area contributed by atoms with E-state index in [4.69, 9.17) is 9.47 Å². The number of amides is 2. The standard InChI is InChI=1S/C19H25BrN2O4/c1-5-6-7-14-16(18(23)25-4)17(22-19(24)21-14)12-8-9-15(13(20)10-12)26-11(2)3/h8-11,17H,5-7H2,1-4H3,(H2,21,22,24). The van der Waals surface area contributed by atoms with Gasteiger partial charge in [0.1, 0.15) is 5.75 Å². The number of hydrogen-bond acceptors (Lipinski definition) is 4. The normalized spacial score (nSPS) is 17.0. The Kier molecular flexibility index (Phi) is 7.08. The summed E-state index contributed by atoms with van der Waals surface area (Å²) in [7, 11) is 1.34. The average molecular weight is 425 g/mol. The van der Waals surface area contributed by atoms with Crippen LogP contribution < -0.4 is 15.4 Å². The van der Waals surface area contributed by atoms with E-state index in [2.05, 4.69) is 33.5 Å². The van der Waals surface area contributed by atoms with Gasteiger partial charge in [-0.2, -0.15) is 0 Å². The van der Waals surface area contributed by atoms with Crippen molar-refractivity contribution in [2.45, 2.75) is 52.2 Å². The van der Waals surface area contributed by atoms with Gasteiger partial charge in [-0.05, 0) is 60.3 Å². The van der Waals surface area contributed by atoms with Crippen molar-refractivity contribution >= 4 is 27.9 Å². The fourth-order valence-corrected chi connectivity index (χ4v) is 3.31. The molecule has 1 atom stereocenters. The number of rotatable bonds is 7. The van der Waals surface area contributed by atoms with Crippen molar-refractivity contribution in [3.8, 4) is 5.75 Å². The smallest absolute Gasteiger partial charge is 0.337 e. The Morgan fingerprint density at radius 3 is 2.65 bits per heavy atom. The second kappa shape index (κ2) is 9.07.